The van der Waals surface area contributed by atoms with Gasteiger partial charge in [-0.25, -0.2) is 0 Å². The summed E-state index contributed by atoms with van der Waals surface area (Å²) in [5.74, 6) is 0.602. The second-order valence-electron chi connectivity index (χ2n) is 4.57. The number of ether oxygens (including phenoxy) is 1. The van der Waals surface area contributed by atoms with Gasteiger partial charge in [0.1, 0.15) is 0 Å². The molecular weight excluding hydrogens is 236 g/mol. The standard InChI is InChI=1S/C13H22N2O.ClH/c1-11(2)9-16-10-12(3)15-8-13-5-4-6-14-7-13;/h4-7,11-12,15H,8-10H2,1-3H3;1H. The maximum Gasteiger partial charge on any atom is 0.0617 e. The van der Waals surface area contributed by atoms with Crippen LogP contribution in [0.15, 0.2) is 24.5 Å². The summed E-state index contributed by atoms with van der Waals surface area (Å²) >= 11 is 0. The Hall–Kier alpha value is -0.640. The minimum Gasteiger partial charge on any atom is -0.380 e. The zero-order valence-corrected chi connectivity index (χ0v) is 11.7. The summed E-state index contributed by atoms with van der Waals surface area (Å²) in [4.78, 5) is 4.08. The van der Waals surface area contributed by atoms with E-state index in [9.17, 15) is 0 Å². The Morgan fingerprint density at radius 3 is 2.65 bits per heavy atom. The van der Waals surface area contributed by atoms with E-state index < -0.39 is 0 Å². The number of hydrogen-bond acceptors (Lipinski definition) is 3. The van der Waals surface area contributed by atoms with E-state index in [1.165, 1.54) is 5.56 Å². The molecular formula is C13H23ClN2O. The van der Waals surface area contributed by atoms with Crippen molar-refractivity contribution >= 4 is 12.4 Å². The summed E-state index contributed by atoms with van der Waals surface area (Å²) in [7, 11) is 0. The van der Waals surface area contributed by atoms with E-state index in [1.54, 1.807) is 6.20 Å². The molecule has 1 unspecified atom stereocenters. The predicted molar refractivity (Wildman–Crippen MR) is 73.4 cm³/mol. The first-order valence-corrected chi connectivity index (χ1v) is 5.88. The first-order chi connectivity index (χ1) is 7.68. The molecule has 0 aliphatic rings. The average molecular weight is 259 g/mol. The van der Waals surface area contributed by atoms with Crippen molar-refractivity contribution in [3.05, 3.63) is 30.1 Å². The minimum absolute atomic E-state index is 0. The van der Waals surface area contributed by atoms with Crippen LogP contribution in [-0.2, 0) is 11.3 Å². The van der Waals surface area contributed by atoms with E-state index in [-0.39, 0.29) is 12.4 Å². The number of nitrogens with zero attached hydrogens (tertiary/aromatic N) is 1. The molecule has 3 nitrogen and oxygen atoms in total. The van der Waals surface area contributed by atoms with E-state index in [2.05, 4.69) is 37.1 Å². The maximum atomic E-state index is 5.57. The molecule has 17 heavy (non-hydrogen) atoms. The van der Waals surface area contributed by atoms with Crippen LogP contribution in [0.5, 0.6) is 0 Å². The van der Waals surface area contributed by atoms with E-state index in [4.69, 9.17) is 4.74 Å². The first kappa shape index (κ1) is 16.4. The number of pyridine rings is 1. The number of rotatable bonds is 7. The Kier molecular flexibility index (Phi) is 9.04. The molecule has 1 aromatic rings. The number of hydrogen-bond donors (Lipinski definition) is 1. The molecule has 0 amide bonds. The van der Waals surface area contributed by atoms with Crippen LogP contribution in [0.1, 0.15) is 26.3 Å². The van der Waals surface area contributed by atoms with Crippen LogP contribution in [-0.4, -0.2) is 24.2 Å². The number of aromatic nitrogens is 1. The van der Waals surface area contributed by atoms with Crippen molar-refractivity contribution in [2.24, 2.45) is 5.92 Å². The highest BCUT2D eigenvalue weighted by Crippen LogP contribution is 1.97. The van der Waals surface area contributed by atoms with Crippen molar-refractivity contribution in [2.75, 3.05) is 13.2 Å². The van der Waals surface area contributed by atoms with Gasteiger partial charge in [-0.2, -0.15) is 0 Å². The van der Waals surface area contributed by atoms with Crippen LogP contribution in [0.25, 0.3) is 0 Å². The van der Waals surface area contributed by atoms with E-state index >= 15 is 0 Å². The highest BCUT2D eigenvalue weighted by molar-refractivity contribution is 5.85. The van der Waals surface area contributed by atoms with Crippen molar-refractivity contribution in [2.45, 2.75) is 33.4 Å². The second-order valence-corrected chi connectivity index (χ2v) is 4.57. The van der Waals surface area contributed by atoms with Gasteiger partial charge in [-0.15, -0.1) is 12.4 Å². The van der Waals surface area contributed by atoms with Gasteiger partial charge in [0.2, 0.25) is 0 Å². The first-order valence-electron chi connectivity index (χ1n) is 5.88. The van der Waals surface area contributed by atoms with Crippen LogP contribution in [0, 0.1) is 5.92 Å². The summed E-state index contributed by atoms with van der Waals surface area (Å²) in [6, 6.07) is 4.40. The fourth-order valence-electron chi connectivity index (χ4n) is 1.33. The molecule has 1 aromatic heterocycles. The molecule has 4 heteroatoms. The Bertz CT molecular complexity index is 280. The number of halogens is 1. The van der Waals surface area contributed by atoms with Crippen molar-refractivity contribution < 1.29 is 4.74 Å². The summed E-state index contributed by atoms with van der Waals surface area (Å²) in [6.07, 6.45) is 3.67. The Morgan fingerprint density at radius 1 is 1.29 bits per heavy atom. The van der Waals surface area contributed by atoms with Crippen LogP contribution >= 0.6 is 12.4 Å². The molecule has 0 bridgehead atoms. The zero-order valence-electron chi connectivity index (χ0n) is 10.8. The normalized spacial score (nSPS) is 12.2. The molecule has 1 heterocycles. The third kappa shape index (κ3) is 8.13. The van der Waals surface area contributed by atoms with Gasteiger partial charge in [-0.1, -0.05) is 19.9 Å². The van der Waals surface area contributed by atoms with Gasteiger partial charge < -0.3 is 10.1 Å². The molecule has 98 valence electrons. The molecule has 1 atom stereocenters. The summed E-state index contributed by atoms with van der Waals surface area (Å²) < 4.78 is 5.57. The Balaban J connectivity index is 0.00000256. The van der Waals surface area contributed by atoms with E-state index in [1.807, 2.05) is 12.3 Å². The van der Waals surface area contributed by atoms with Crippen LogP contribution in [0.4, 0.5) is 0 Å². The Labute approximate surface area is 110 Å². The molecule has 0 aliphatic heterocycles. The van der Waals surface area contributed by atoms with Crippen molar-refractivity contribution in [1.29, 1.82) is 0 Å². The molecule has 0 fully saturated rings. The molecule has 0 spiro atoms. The lowest BCUT2D eigenvalue weighted by atomic mass is 10.2. The molecule has 0 saturated heterocycles. The third-order valence-corrected chi connectivity index (χ3v) is 2.20. The Morgan fingerprint density at radius 2 is 2.06 bits per heavy atom. The van der Waals surface area contributed by atoms with Gasteiger partial charge >= 0.3 is 0 Å². The van der Waals surface area contributed by atoms with Crippen LogP contribution < -0.4 is 5.32 Å². The summed E-state index contributed by atoms with van der Waals surface area (Å²) in [6.45, 7) is 8.90. The lowest BCUT2D eigenvalue weighted by Gasteiger charge is -2.15. The van der Waals surface area contributed by atoms with E-state index in [0.29, 0.717) is 12.0 Å². The van der Waals surface area contributed by atoms with Gasteiger partial charge in [-0.3, -0.25) is 4.98 Å². The predicted octanol–water partition coefficient (Wildman–Crippen LogP) is 2.65. The van der Waals surface area contributed by atoms with Gasteiger partial charge in [0.15, 0.2) is 0 Å². The fourth-order valence-corrected chi connectivity index (χ4v) is 1.33. The largest absolute Gasteiger partial charge is 0.380 e. The lowest BCUT2D eigenvalue weighted by molar-refractivity contribution is 0.0935. The molecule has 1 rings (SSSR count). The molecule has 0 saturated carbocycles. The topological polar surface area (TPSA) is 34.1 Å². The van der Waals surface area contributed by atoms with Crippen molar-refractivity contribution in [3.8, 4) is 0 Å². The molecule has 0 aliphatic carbocycles. The second kappa shape index (κ2) is 9.40. The van der Waals surface area contributed by atoms with Crippen molar-refractivity contribution in [1.82, 2.24) is 10.3 Å². The SMILES string of the molecule is CC(C)COCC(C)NCc1cccnc1.Cl. The quantitative estimate of drug-likeness (QED) is 0.817. The molecule has 0 aromatic carbocycles. The molecule has 0 radical (unpaired) electrons. The van der Waals surface area contributed by atoms with Gasteiger partial charge in [0.25, 0.3) is 0 Å². The zero-order chi connectivity index (χ0) is 11.8. The van der Waals surface area contributed by atoms with Crippen LogP contribution in [0.2, 0.25) is 0 Å². The van der Waals surface area contributed by atoms with Gasteiger partial charge in [-0.05, 0) is 24.5 Å². The monoisotopic (exact) mass is 258 g/mol. The highest BCUT2D eigenvalue weighted by Gasteiger charge is 2.02. The van der Waals surface area contributed by atoms with Crippen LogP contribution in [0.3, 0.4) is 0 Å². The summed E-state index contributed by atoms with van der Waals surface area (Å²) in [5, 5.41) is 3.41. The summed E-state index contributed by atoms with van der Waals surface area (Å²) in [5.41, 5.74) is 1.21. The molecule has 1 N–H and O–H groups in total. The fraction of sp³-hybridized carbons (Fsp3) is 0.615. The maximum absolute atomic E-state index is 5.57. The third-order valence-electron chi connectivity index (χ3n) is 2.20. The smallest absolute Gasteiger partial charge is 0.0617 e. The minimum atomic E-state index is 0. The van der Waals surface area contributed by atoms with E-state index in [0.717, 1.165) is 19.8 Å². The van der Waals surface area contributed by atoms with Gasteiger partial charge in [0, 0.05) is 31.6 Å². The van der Waals surface area contributed by atoms with Gasteiger partial charge in [0.05, 0.1) is 6.61 Å². The average Bonchev–Trinajstić information content (AvgIpc) is 2.27. The number of nitrogens with one attached hydrogen (secondary N) is 1. The van der Waals surface area contributed by atoms with Crippen molar-refractivity contribution in [3.63, 3.8) is 0 Å². The highest BCUT2D eigenvalue weighted by atomic mass is 35.5. The lowest BCUT2D eigenvalue weighted by Crippen LogP contribution is -2.30.